The molecule has 14 heavy (non-hydrogen) atoms. The number of carbonyl (C=O) groups excluding carboxylic acids is 1. The van der Waals surface area contributed by atoms with Crippen molar-refractivity contribution in [3.63, 3.8) is 0 Å². The predicted molar refractivity (Wildman–Crippen MR) is 52.3 cm³/mol. The standard InChI is InChI=1S/C10H11N3O/c11-6-5-8-3-1-2-4-9(8)10(14)13-7-12/h1-4H,5-6,11H2,(H,13,14). The van der Waals surface area contributed by atoms with Crippen LogP contribution in [-0.2, 0) is 6.42 Å². The fraction of sp³-hybridized carbons (Fsp3) is 0.200. The molecule has 0 saturated heterocycles. The smallest absolute Gasteiger partial charge is 0.264 e. The number of hydrogen-bond donors (Lipinski definition) is 2. The molecule has 0 bridgehead atoms. The maximum Gasteiger partial charge on any atom is 0.264 e. The Morgan fingerprint density at radius 3 is 2.86 bits per heavy atom. The monoisotopic (exact) mass is 189 g/mol. The van der Waals surface area contributed by atoms with E-state index < -0.39 is 0 Å². The number of nitrogens with zero attached hydrogens (tertiary/aromatic N) is 1. The molecule has 3 N–H and O–H groups in total. The van der Waals surface area contributed by atoms with Crippen molar-refractivity contribution in [1.82, 2.24) is 5.32 Å². The van der Waals surface area contributed by atoms with E-state index in [9.17, 15) is 4.79 Å². The van der Waals surface area contributed by atoms with Crippen molar-refractivity contribution in [2.45, 2.75) is 6.42 Å². The molecule has 4 nitrogen and oxygen atoms in total. The van der Waals surface area contributed by atoms with Crippen LogP contribution in [0.5, 0.6) is 0 Å². The largest absolute Gasteiger partial charge is 0.330 e. The molecule has 0 saturated carbocycles. The molecular weight excluding hydrogens is 178 g/mol. The molecule has 0 spiro atoms. The summed E-state index contributed by atoms with van der Waals surface area (Å²) in [5.74, 6) is -0.378. The highest BCUT2D eigenvalue weighted by molar-refractivity contribution is 5.96. The zero-order valence-electron chi connectivity index (χ0n) is 7.66. The zero-order chi connectivity index (χ0) is 10.4. The first-order chi connectivity index (χ1) is 6.79. The molecule has 1 aromatic carbocycles. The molecule has 1 amide bonds. The normalized spacial score (nSPS) is 9.14. The van der Waals surface area contributed by atoms with E-state index in [4.69, 9.17) is 11.0 Å². The third kappa shape index (κ3) is 2.31. The Morgan fingerprint density at radius 2 is 2.21 bits per heavy atom. The molecule has 72 valence electrons. The van der Waals surface area contributed by atoms with Gasteiger partial charge in [-0.3, -0.25) is 10.1 Å². The number of nitrogens with one attached hydrogen (secondary N) is 1. The summed E-state index contributed by atoms with van der Waals surface area (Å²) in [5.41, 5.74) is 6.78. The molecule has 0 aromatic heterocycles. The van der Waals surface area contributed by atoms with Gasteiger partial charge in [-0.25, -0.2) is 0 Å². The van der Waals surface area contributed by atoms with Crippen LogP contribution in [0.3, 0.4) is 0 Å². The van der Waals surface area contributed by atoms with E-state index in [0.717, 1.165) is 5.56 Å². The van der Waals surface area contributed by atoms with Gasteiger partial charge >= 0.3 is 0 Å². The first-order valence-corrected chi connectivity index (χ1v) is 4.27. The second kappa shape index (κ2) is 5.00. The molecule has 0 atom stereocenters. The number of nitrogens with two attached hydrogens (primary N) is 1. The van der Waals surface area contributed by atoms with Gasteiger partial charge in [0.25, 0.3) is 5.91 Å². The van der Waals surface area contributed by atoms with Crippen molar-refractivity contribution < 1.29 is 4.79 Å². The number of carbonyl (C=O) groups is 1. The minimum absolute atomic E-state index is 0.378. The Hall–Kier alpha value is -1.86. The lowest BCUT2D eigenvalue weighted by Crippen LogP contribution is -2.19. The lowest BCUT2D eigenvalue weighted by atomic mass is 10.0. The predicted octanol–water partition coefficient (Wildman–Crippen LogP) is 0.399. The van der Waals surface area contributed by atoms with Crippen LogP contribution >= 0.6 is 0 Å². The van der Waals surface area contributed by atoms with E-state index in [-0.39, 0.29) is 5.91 Å². The highest BCUT2D eigenvalue weighted by Crippen LogP contribution is 2.08. The maximum absolute atomic E-state index is 11.4. The summed E-state index contributed by atoms with van der Waals surface area (Å²) >= 11 is 0. The molecule has 0 aliphatic heterocycles. The third-order valence-corrected chi connectivity index (χ3v) is 1.85. The number of nitriles is 1. The van der Waals surface area contributed by atoms with Crippen molar-refractivity contribution in [3.8, 4) is 6.19 Å². The van der Waals surface area contributed by atoms with Crippen molar-refractivity contribution in [1.29, 1.82) is 5.26 Å². The van der Waals surface area contributed by atoms with Gasteiger partial charge in [0, 0.05) is 5.56 Å². The third-order valence-electron chi connectivity index (χ3n) is 1.85. The molecule has 0 radical (unpaired) electrons. The Kier molecular flexibility index (Phi) is 3.65. The van der Waals surface area contributed by atoms with E-state index >= 15 is 0 Å². The van der Waals surface area contributed by atoms with E-state index in [1.54, 1.807) is 18.3 Å². The average molecular weight is 189 g/mol. The van der Waals surface area contributed by atoms with Crippen LogP contribution in [0.1, 0.15) is 15.9 Å². The van der Waals surface area contributed by atoms with Gasteiger partial charge in [-0.2, -0.15) is 5.26 Å². The molecule has 1 rings (SSSR count). The van der Waals surface area contributed by atoms with Crippen molar-refractivity contribution >= 4 is 5.91 Å². The van der Waals surface area contributed by atoms with Crippen molar-refractivity contribution in [2.75, 3.05) is 6.54 Å². The van der Waals surface area contributed by atoms with Gasteiger partial charge in [0.05, 0.1) is 0 Å². The highest BCUT2D eigenvalue weighted by atomic mass is 16.1. The summed E-state index contributed by atoms with van der Waals surface area (Å²) < 4.78 is 0. The second-order valence-corrected chi connectivity index (χ2v) is 2.76. The van der Waals surface area contributed by atoms with Gasteiger partial charge in [0.2, 0.25) is 0 Å². The Labute approximate surface area is 82.3 Å². The van der Waals surface area contributed by atoms with E-state index in [1.807, 2.05) is 12.1 Å². The maximum atomic E-state index is 11.4. The minimum Gasteiger partial charge on any atom is -0.330 e. The summed E-state index contributed by atoms with van der Waals surface area (Å²) in [6, 6.07) is 7.11. The lowest BCUT2D eigenvalue weighted by molar-refractivity contribution is 0.0972. The summed E-state index contributed by atoms with van der Waals surface area (Å²) in [6.45, 7) is 0.483. The number of amides is 1. The molecule has 1 aromatic rings. The van der Waals surface area contributed by atoms with Crippen molar-refractivity contribution in [2.24, 2.45) is 5.73 Å². The number of hydrogen-bond acceptors (Lipinski definition) is 3. The second-order valence-electron chi connectivity index (χ2n) is 2.76. The van der Waals surface area contributed by atoms with Crippen LogP contribution < -0.4 is 11.1 Å². The molecule has 0 heterocycles. The van der Waals surface area contributed by atoms with Crippen LogP contribution in [0.25, 0.3) is 0 Å². The number of benzene rings is 1. The van der Waals surface area contributed by atoms with Crippen LogP contribution in [0.15, 0.2) is 24.3 Å². The van der Waals surface area contributed by atoms with Crippen LogP contribution in [0.2, 0.25) is 0 Å². The fourth-order valence-corrected chi connectivity index (χ4v) is 1.23. The molecule has 0 unspecified atom stereocenters. The molecule has 0 aliphatic carbocycles. The van der Waals surface area contributed by atoms with Gasteiger partial charge in [-0.05, 0) is 24.6 Å². The van der Waals surface area contributed by atoms with Crippen molar-refractivity contribution in [3.05, 3.63) is 35.4 Å². The van der Waals surface area contributed by atoms with E-state index in [0.29, 0.717) is 18.5 Å². The summed E-state index contributed by atoms with van der Waals surface area (Å²) in [6.07, 6.45) is 2.24. The Balaban J connectivity index is 2.95. The van der Waals surface area contributed by atoms with E-state index in [1.165, 1.54) is 0 Å². The lowest BCUT2D eigenvalue weighted by Gasteiger charge is -2.05. The summed E-state index contributed by atoms with van der Waals surface area (Å²) in [7, 11) is 0. The van der Waals surface area contributed by atoms with Gasteiger partial charge in [-0.1, -0.05) is 18.2 Å². The fourth-order valence-electron chi connectivity index (χ4n) is 1.23. The zero-order valence-corrected chi connectivity index (χ0v) is 7.66. The summed E-state index contributed by atoms with van der Waals surface area (Å²) in [4.78, 5) is 11.4. The van der Waals surface area contributed by atoms with Gasteiger partial charge in [0.1, 0.15) is 0 Å². The van der Waals surface area contributed by atoms with Crippen LogP contribution in [-0.4, -0.2) is 12.5 Å². The highest BCUT2D eigenvalue weighted by Gasteiger charge is 2.08. The average Bonchev–Trinajstić information content (AvgIpc) is 2.19. The van der Waals surface area contributed by atoms with Crippen LogP contribution in [0, 0.1) is 11.5 Å². The van der Waals surface area contributed by atoms with Gasteiger partial charge in [0.15, 0.2) is 6.19 Å². The van der Waals surface area contributed by atoms with E-state index in [2.05, 4.69) is 5.32 Å². The Bertz CT molecular complexity index is 368. The van der Waals surface area contributed by atoms with Crippen LogP contribution in [0.4, 0.5) is 0 Å². The first-order valence-electron chi connectivity index (χ1n) is 4.27. The molecule has 4 heteroatoms. The van der Waals surface area contributed by atoms with Gasteiger partial charge < -0.3 is 5.73 Å². The summed E-state index contributed by atoms with van der Waals surface area (Å²) in [5, 5.41) is 10.4. The Morgan fingerprint density at radius 1 is 1.50 bits per heavy atom. The quantitative estimate of drug-likeness (QED) is 0.533. The van der Waals surface area contributed by atoms with Gasteiger partial charge in [-0.15, -0.1) is 0 Å². The molecule has 0 fully saturated rings. The number of rotatable bonds is 3. The minimum atomic E-state index is -0.378. The topological polar surface area (TPSA) is 78.9 Å². The first kappa shape index (κ1) is 10.2. The SMILES string of the molecule is N#CNC(=O)c1ccccc1CCN. The molecular formula is C10H11N3O. The molecule has 0 aliphatic rings.